The zero-order valence-corrected chi connectivity index (χ0v) is 8.63. The van der Waals surface area contributed by atoms with E-state index in [4.69, 9.17) is 0 Å². The largest absolute Gasteiger partial charge is 0.174 e. The minimum atomic E-state index is 0.678. The van der Waals surface area contributed by atoms with Gasteiger partial charge in [-0.1, -0.05) is 36.9 Å². The molecule has 1 aromatic heterocycles. The number of hydrogen-bond donors (Lipinski definition) is 0. The molecule has 0 bridgehead atoms. The van der Waals surface area contributed by atoms with E-state index in [2.05, 4.69) is 24.0 Å². The van der Waals surface area contributed by atoms with Gasteiger partial charge in [0.15, 0.2) is 4.34 Å². The molecule has 0 unspecified atom stereocenters. The third kappa shape index (κ3) is 2.79. The van der Waals surface area contributed by atoms with Crippen LogP contribution < -0.4 is 0 Å². The van der Waals surface area contributed by atoms with Crippen molar-refractivity contribution in [1.29, 1.82) is 0 Å². The molecule has 0 atom stereocenters. The third-order valence-corrected chi connectivity index (χ3v) is 3.13. The van der Waals surface area contributed by atoms with Crippen LogP contribution in [0, 0.1) is 5.92 Å². The average Bonchev–Trinajstić information content (AvgIpc) is 2.34. The van der Waals surface area contributed by atoms with Crippen LogP contribution in [-0.2, 0) is 6.42 Å². The predicted molar refractivity (Wildman–Crippen MR) is 50.2 cm³/mol. The molecule has 0 aliphatic rings. The highest BCUT2D eigenvalue weighted by molar-refractivity contribution is 8.00. The summed E-state index contributed by atoms with van der Waals surface area (Å²) in [6.45, 7) is 4.39. The highest BCUT2D eigenvalue weighted by Gasteiger charge is 2.04. The molecule has 62 valence electrons. The Labute approximate surface area is 75.4 Å². The minimum absolute atomic E-state index is 0.678. The third-order valence-electron chi connectivity index (χ3n) is 1.21. The van der Waals surface area contributed by atoms with Gasteiger partial charge in [-0.2, -0.15) is 0 Å². The van der Waals surface area contributed by atoms with Gasteiger partial charge in [0.05, 0.1) is 0 Å². The molecule has 0 saturated heterocycles. The Bertz CT molecular complexity index is 220. The first-order valence-electron chi connectivity index (χ1n) is 3.58. The lowest BCUT2D eigenvalue weighted by Gasteiger charge is -1.96. The van der Waals surface area contributed by atoms with Crippen LogP contribution in [0.3, 0.4) is 0 Å². The second-order valence-corrected chi connectivity index (χ2v) is 4.88. The van der Waals surface area contributed by atoms with Crippen LogP contribution in [-0.4, -0.2) is 16.5 Å². The smallest absolute Gasteiger partial charge is 0.143 e. The van der Waals surface area contributed by atoms with Crippen molar-refractivity contribution in [2.45, 2.75) is 24.6 Å². The maximum absolute atomic E-state index is 4.07. The highest BCUT2D eigenvalue weighted by atomic mass is 32.2. The maximum Gasteiger partial charge on any atom is 0.174 e. The quantitative estimate of drug-likeness (QED) is 0.681. The summed E-state index contributed by atoms with van der Waals surface area (Å²) in [7, 11) is 0. The summed E-state index contributed by atoms with van der Waals surface area (Å²) in [5, 5.41) is 9.25. The van der Waals surface area contributed by atoms with E-state index in [1.165, 1.54) is 0 Å². The lowest BCUT2D eigenvalue weighted by molar-refractivity contribution is 0.639. The van der Waals surface area contributed by atoms with E-state index >= 15 is 0 Å². The Morgan fingerprint density at radius 3 is 2.64 bits per heavy atom. The molecule has 0 N–H and O–H groups in total. The zero-order chi connectivity index (χ0) is 8.27. The monoisotopic (exact) mass is 188 g/mol. The Morgan fingerprint density at radius 2 is 2.18 bits per heavy atom. The van der Waals surface area contributed by atoms with Gasteiger partial charge in [0.1, 0.15) is 5.01 Å². The normalized spacial score (nSPS) is 10.9. The maximum atomic E-state index is 4.07. The SMILES string of the molecule is CSc1nnc(CC(C)C)s1. The number of aromatic nitrogens is 2. The van der Waals surface area contributed by atoms with Crippen molar-refractivity contribution in [3.8, 4) is 0 Å². The van der Waals surface area contributed by atoms with Gasteiger partial charge in [-0.05, 0) is 12.2 Å². The van der Waals surface area contributed by atoms with Crippen LogP contribution in [0.4, 0.5) is 0 Å². The molecule has 0 amide bonds. The fourth-order valence-electron chi connectivity index (χ4n) is 0.752. The number of rotatable bonds is 3. The number of thioether (sulfide) groups is 1. The minimum Gasteiger partial charge on any atom is -0.143 e. The molecule has 1 heterocycles. The van der Waals surface area contributed by atoms with Crippen LogP contribution in [0.25, 0.3) is 0 Å². The first-order chi connectivity index (χ1) is 5.22. The van der Waals surface area contributed by atoms with Gasteiger partial charge in [0, 0.05) is 6.42 Å². The van der Waals surface area contributed by atoms with E-state index in [1.807, 2.05) is 6.26 Å². The van der Waals surface area contributed by atoms with E-state index < -0.39 is 0 Å². The molecule has 0 aliphatic heterocycles. The van der Waals surface area contributed by atoms with Crippen molar-refractivity contribution in [3.05, 3.63) is 5.01 Å². The second-order valence-electron chi connectivity index (χ2n) is 2.76. The first kappa shape index (κ1) is 9.00. The standard InChI is InChI=1S/C7H12N2S2/c1-5(2)4-6-8-9-7(10-3)11-6/h5H,4H2,1-3H3. The van der Waals surface area contributed by atoms with E-state index in [9.17, 15) is 0 Å². The summed E-state index contributed by atoms with van der Waals surface area (Å²) in [6.07, 6.45) is 3.08. The van der Waals surface area contributed by atoms with Crippen molar-refractivity contribution in [2.75, 3.05) is 6.26 Å². The molecule has 0 radical (unpaired) electrons. The van der Waals surface area contributed by atoms with Crippen LogP contribution in [0.1, 0.15) is 18.9 Å². The molecular weight excluding hydrogens is 176 g/mol. The molecule has 2 nitrogen and oxygen atoms in total. The van der Waals surface area contributed by atoms with Gasteiger partial charge in [0.25, 0.3) is 0 Å². The fourth-order valence-corrected chi connectivity index (χ4v) is 2.28. The topological polar surface area (TPSA) is 25.8 Å². The summed E-state index contributed by atoms with van der Waals surface area (Å²) < 4.78 is 1.07. The summed E-state index contributed by atoms with van der Waals surface area (Å²) in [5.41, 5.74) is 0. The predicted octanol–water partition coefficient (Wildman–Crippen LogP) is 2.46. The van der Waals surface area contributed by atoms with Crippen molar-refractivity contribution in [2.24, 2.45) is 5.92 Å². The molecule has 0 saturated carbocycles. The van der Waals surface area contributed by atoms with Gasteiger partial charge in [-0.15, -0.1) is 10.2 Å². The summed E-state index contributed by atoms with van der Waals surface area (Å²) >= 11 is 3.36. The molecule has 4 heteroatoms. The van der Waals surface area contributed by atoms with Crippen LogP contribution in [0.2, 0.25) is 0 Å². The lowest BCUT2D eigenvalue weighted by atomic mass is 10.1. The van der Waals surface area contributed by atoms with Crippen molar-refractivity contribution in [1.82, 2.24) is 10.2 Å². The van der Waals surface area contributed by atoms with Crippen LogP contribution in [0.5, 0.6) is 0 Å². The van der Waals surface area contributed by atoms with Crippen molar-refractivity contribution in [3.63, 3.8) is 0 Å². The number of hydrogen-bond acceptors (Lipinski definition) is 4. The molecule has 1 aromatic rings. The molecular formula is C7H12N2S2. The Kier molecular flexibility index (Phi) is 3.33. The molecule has 0 spiro atoms. The summed E-state index contributed by atoms with van der Waals surface area (Å²) in [4.78, 5) is 0. The highest BCUT2D eigenvalue weighted by Crippen LogP contribution is 2.21. The van der Waals surface area contributed by atoms with Crippen molar-refractivity contribution < 1.29 is 0 Å². The molecule has 1 rings (SSSR count). The van der Waals surface area contributed by atoms with Gasteiger partial charge in [0.2, 0.25) is 0 Å². The second kappa shape index (κ2) is 4.07. The van der Waals surface area contributed by atoms with E-state index in [0.29, 0.717) is 5.92 Å². The van der Waals surface area contributed by atoms with E-state index in [0.717, 1.165) is 15.8 Å². The Balaban J connectivity index is 2.58. The Hall–Kier alpha value is -0.0900. The van der Waals surface area contributed by atoms with Gasteiger partial charge >= 0.3 is 0 Å². The first-order valence-corrected chi connectivity index (χ1v) is 5.63. The number of nitrogens with zero attached hydrogens (tertiary/aromatic N) is 2. The van der Waals surface area contributed by atoms with E-state index in [1.54, 1.807) is 23.1 Å². The summed E-state index contributed by atoms with van der Waals surface area (Å²) in [6, 6.07) is 0. The van der Waals surface area contributed by atoms with Crippen LogP contribution >= 0.6 is 23.1 Å². The van der Waals surface area contributed by atoms with Gasteiger partial charge in [-0.25, -0.2) is 0 Å². The van der Waals surface area contributed by atoms with E-state index in [-0.39, 0.29) is 0 Å². The fraction of sp³-hybridized carbons (Fsp3) is 0.714. The van der Waals surface area contributed by atoms with Gasteiger partial charge < -0.3 is 0 Å². The summed E-state index contributed by atoms with van der Waals surface area (Å²) in [5.74, 6) is 0.678. The Morgan fingerprint density at radius 1 is 1.45 bits per heavy atom. The average molecular weight is 188 g/mol. The molecule has 0 aliphatic carbocycles. The molecule has 0 aromatic carbocycles. The van der Waals surface area contributed by atoms with Gasteiger partial charge in [-0.3, -0.25) is 0 Å². The lowest BCUT2D eigenvalue weighted by Crippen LogP contribution is -1.92. The molecule has 0 fully saturated rings. The molecule has 11 heavy (non-hydrogen) atoms. The van der Waals surface area contributed by atoms with Crippen LogP contribution in [0.15, 0.2) is 4.34 Å². The zero-order valence-electron chi connectivity index (χ0n) is 7.00. The van der Waals surface area contributed by atoms with Crippen molar-refractivity contribution >= 4 is 23.1 Å².